The smallest absolute Gasteiger partial charge is 0.263 e. The number of hydrogen-bond donors (Lipinski definition) is 2. The third-order valence-corrected chi connectivity index (χ3v) is 4.33. The first-order chi connectivity index (χ1) is 14.1. The maximum Gasteiger partial charge on any atom is 0.263 e. The molecule has 0 fully saturated rings. The van der Waals surface area contributed by atoms with E-state index in [-0.39, 0.29) is 17.8 Å². The molecule has 1 heterocycles. The highest BCUT2D eigenvalue weighted by molar-refractivity contribution is 5.93. The lowest BCUT2D eigenvalue weighted by atomic mass is 9.92. The number of nitrogens with two attached hydrogens (primary N) is 1. The van der Waals surface area contributed by atoms with Gasteiger partial charge in [-0.25, -0.2) is 9.07 Å². The number of anilines is 1. The predicted octanol–water partition coefficient (Wildman–Crippen LogP) is 3.43. The Labute approximate surface area is 173 Å². The molecule has 0 spiro atoms. The van der Waals surface area contributed by atoms with Gasteiger partial charge in [0.15, 0.2) is 6.61 Å². The third-order valence-electron chi connectivity index (χ3n) is 4.33. The molecule has 2 amide bonds. The molecule has 0 saturated carbocycles. The Balaban J connectivity index is 1.75. The van der Waals surface area contributed by atoms with Crippen molar-refractivity contribution in [3.63, 3.8) is 0 Å². The lowest BCUT2D eigenvalue weighted by Gasteiger charge is -2.14. The first-order valence-corrected chi connectivity index (χ1v) is 9.32. The molecule has 0 bridgehead atoms. The minimum Gasteiger partial charge on any atom is -0.484 e. The Morgan fingerprint density at radius 1 is 1.10 bits per heavy atom. The Bertz CT molecular complexity index is 1050. The van der Waals surface area contributed by atoms with Crippen molar-refractivity contribution in [3.8, 4) is 11.4 Å². The zero-order valence-corrected chi connectivity index (χ0v) is 17.0. The highest BCUT2D eigenvalue weighted by atomic mass is 19.1. The molecule has 2 aromatic carbocycles. The summed E-state index contributed by atoms with van der Waals surface area (Å²) in [5.74, 6) is -0.411. The van der Waals surface area contributed by atoms with Gasteiger partial charge in [0.05, 0.1) is 11.4 Å². The number of carbonyl (C=O) groups is 2. The minimum absolute atomic E-state index is 0.241. The zero-order valence-electron chi connectivity index (χ0n) is 17.0. The van der Waals surface area contributed by atoms with Crippen molar-refractivity contribution in [1.29, 1.82) is 0 Å². The largest absolute Gasteiger partial charge is 0.484 e. The van der Waals surface area contributed by atoms with E-state index < -0.39 is 11.8 Å². The fraction of sp³-hybridized carbons (Fsp3) is 0.227. The summed E-state index contributed by atoms with van der Waals surface area (Å²) in [5.41, 5.74) is 6.69. The number of aromatic nitrogens is 2. The van der Waals surface area contributed by atoms with Crippen molar-refractivity contribution in [1.82, 2.24) is 9.78 Å². The molecule has 3 N–H and O–H groups in total. The van der Waals surface area contributed by atoms with Crippen LogP contribution in [0.1, 0.15) is 36.8 Å². The van der Waals surface area contributed by atoms with Crippen molar-refractivity contribution < 1.29 is 18.7 Å². The number of benzene rings is 2. The van der Waals surface area contributed by atoms with Crippen LogP contribution in [0.2, 0.25) is 0 Å². The van der Waals surface area contributed by atoms with Gasteiger partial charge in [0.1, 0.15) is 17.4 Å². The van der Waals surface area contributed by atoms with Gasteiger partial charge < -0.3 is 15.8 Å². The van der Waals surface area contributed by atoms with Crippen molar-refractivity contribution in [3.05, 3.63) is 71.7 Å². The predicted molar refractivity (Wildman–Crippen MR) is 111 cm³/mol. The van der Waals surface area contributed by atoms with E-state index in [0.29, 0.717) is 22.8 Å². The topological polar surface area (TPSA) is 99.2 Å². The summed E-state index contributed by atoms with van der Waals surface area (Å²) < 4.78 is 20.3. The molecule has 3 rings (SSSR count). The number of nitrogens with one attached hydrogen (secondary N) is 1. The van der Waals surface area contributed by atoms with Crippen molar-refractivity contribution in [2.24, 2.45) is 5.73 Å². The lowest BCUT2D eigenvalue weighted by molar-refractivity contribution is -0.118. The highest BCUT2D eigenvalue weighted by Gasteiger charge is 2.21. The van der Waals surface area contributed by atoms with E-state index in [1.807, 2.05) is 20.8 Å². The Kier molecular flexibility index (Phi) is 5.86. The second-order valence-corrected chi connectivity index (χ2v) is 7.78. The van der Waals surface area contributed by atoms with E-state index in [4.69, 9.17) is 10.5 Å². The molecule has 0 aliphatic rings. The molecule has 1 aromatic heterocycles. The average Bonchev–Trinajstić information content (AvgIpc) is 3.11. The number of halogens is 1. The molecular formula is C22H23FN4O3. The Morgan fingerprint density at radius 2 is 1.73 bits per heavy atom. The van der Waals surface area contributed by atoms with Gasteiger partial charge in [0, 0.05) is 17.0 Å². The van der Waals surface area contributed by atoms with Gasteiger partial charge in [-0.1, -0.05) is 20.8 Å². The number of amides is 2. The first-order valence-electron chi connectivity index (χ1n) is 9.32. The number of primary amides is 1. The number of rotatable bonds is 6. The zero-order chi connectivity index (χ0) is 21.9. The molecule has 0 saturated heterocycles. The van der Waals surface area contributed by atoms with Crippen LogP contribution in [0.15, 0.2) is 54.6 Å². The van der Waals surface area contributed by atoms with Crippen molar-refractivity contribution in [2.45, 2.75) is 26.2 Å². The molecular weight excluding hydrogens is 387 g/mol. The summed E-state index contributed by atoms with van der Waals surface area (Å²) in [6.07, 6.45) is 0. The standard InChI is InChI=1S/C22H23FN4O3/c1-22(2,3)18-12-19(27(26-18)16-8-6-15(23)7-9-16)25-20(28)13-30-17-10-4-14(5-11-17)21(24)29/h4-12H,13H2,1-3H3,(H2,24,29)(H,25,28). The number of carbonyl (C=O) groups excluding carboxylic acids is 2. The van der Waals surface area contributed by atoms with E-state index in [1.165, 1.54) is 24.3 Å². The van der Waals surface area contributed by atoms with Crippen LogP contribution in [0.25, 0.3) is 5.69 Å². The summed E-state index contributed by atoms with van der Waals surface area (Å²) in [6, 6.07) is 13.8. The van der Waals surface area contributed by atoms with Crippen LogP contribution in [-0.2, 0) is 10.2 Å². The normalized spacial score (nSPS) is 11.2. The van der Waals surface area contributed by atoms with E-state index in [1.54, 1.807) is 35.0 Å². The van der Waals surface area contributed by atoms with Gasteiger partial charge in [0.2, 0.25) is 5.91 Å². The molecule has 0 aliphatic carbocycles. The monoisotopic (exact) mass is 410 g/mol. The number of hydrogen-bond acceptors (Lipinski definition) is 4. The summed E-state index contributed by atoms with van der Waals surface area (Å²) >= 11 is 0. The van der Waals surface area contributed by atoms with E-state index >= 15 is 0 Å². The fourth-order valence-electron chi connectivity index (χ4n) is 2.66. The summed E-state index contributed by atoms with van der Waals surface area (Å²) in [7, 11) is 0. The summed E-state index contributed by atoms with van der Waals surface area (Å²) in [4.78, 5) is 23.6. The van der Waals surface area contributed by atoms with Gasteiger partial charge in [-0.05, 0) is 48.5 Å². The number of nitrogens with zero attached hydrogens (tertiary/aromatic N) is 2. The van der Waals surface area contributed by atoms with E-state index in [9.17, 15) is 14.0 Å². The van der Waals surface area contributed by atoms with Gasteiger partial charge in [-0.3, -0.25) is 9.59 Å². The summed E-state index contributed by atoms with van der Waals surface area (Å²) in [6.45, 7) is 5.79. The molecule has 30 heavy (non-hydrogen) atoms. The first kappa shape index (κ1) is 21.0. The fourth-order valence-corrected chi connectivity index (χ4v) is 2.66. The summed E-state index contributed by atoms with van der Waals surface area (Å²) in [5, 5.41) is 7.36. The number of ether oxygens (including phenoxy) is 1. The van der Waals surface area contributed by atoms with Crippen LogP contribution in [0, 0.1) is 5.82 Å². The molecule has 0 aliphatic heterocycles. The molecule has 0 radical (unpaired) electrons. The minimum atomic E-state index is -0.539. The SMILES string of the molecule is CC(C)(C)c1cc(NC(=O)COc2ccc(C(N)=O)cc2)n(-c2ccc(F)cc2)n1. The molecule has 0 atom stereocenters. The second-order valence-electron chi connectivity index (χ2n) is 7.78. The van der Waals surface area contributed by atoms with E-state index in [0.717, 1.165) is 5.69 Å². The quantitative estimate of drug-likeness (QED) is 0.650. The molecule has 3 aromatic rings. The van der Waals surface area contributed by atoms with E-state index in [2.05, 4.69) is 10.4 Å². The average molecular weight is 410 g/mol. The van der Waals surface area contributed by atoms with Gasteiger partial charge >= 0.3 is 0 Å². The van der Waals surface area contributed by atoms with Crippen LogP contribution in [-0.4, -0.2) is 28.2 Å². The lowest BCUT2D eigenvalue weighted by Crippen LogP contribution is -2.22. The van der Waals surface area contributed by atoms with Crippen LogP contribution in [0.4, 0.5) is 10.2 Å². The van der Waals surface area contributed by atoms with Crippen molar-refractivity contribution >= 4 is 17.6 Å². The molecule has 8 heteroatoms. The molecule has 156 valence electrons. The third kappa shape index (κ3) is 5.02. The van der Waals surface area contributed by atoms with Crippen LogP contribution >= 0.6 is 0 Å². The Morgan fingerprint density at radius 3 is 2.30 bits per heavy atom. The van der Waals surface area contributed by atoms with Gasteiger partial charge in [-0.15, -0.1) is 0 Å². The molecule has 0 unspecified atom stereocenters. The van der Waals surface area contributed by atoms with Crippen LogP contribution in [0.3, 0.4) is 0 Å². The van der Waals surface area contributed by atoms with Gasteiger partial charge in [0.25, 0.3) is 5.91 Å². The van der Waals surface area contributed by atoms with Crippen molar-refractivity contribution in [2.75, 3.05) is 11.9 Å². The van der Waals surface area contributed by atoms with Crippen LogP contribution in [0.5, 0.6) is 5.75 Å². The molecule has 7 nitrogen and oxygen atoms in total. The van der Waals surface area contributed by atoms with Gasteiger partial charge in [-0.2, -0.15) is 5.10 Å². The maximum atomic E-state index is 13.3. The highest BCUT2D eigenvalue weighted by Crippen LogP contribution is 2.26. The Hall–Kier alpha value is -3.68. The second kappa shape index (κ2) is 8.36. The maximum absolute atomic E-state index is 13.3. The van der Waals surface area contributed by atoms with Crippen LogP contribution < -0.4 is 15.8 Å².